The Kier molecular flexibility index (Phi) is 8.18. The Bertz CT molecular complexity index is 1650. The number of benzene rings is 3. The first-order chi connectivity index (χ1) is 20.8. The molecule has 8 heteroatoms. The van der Waals surface area contributed by atoms with Crippen molar-refractivity contribution >= 4 is 16.8 Å². The Morgan fingerprint density at radius 1 is 0.884 bits per heavy atom. The maximum Gasteiger partial charge on any atom is 0.416 e. The van der Waals surface area contributed by atoms with Crippen LogP contribution < -0.4 is 0 Å². The van der Waals surface area contributed by atoms with Gasteiger partial charge in [0.05, 0.1) is 28.3 Å². The molecule has 3 heterocycles. The minimum absolute atomic E-state index is 0.00172. The minimum atomic E-state index is -4.37. The second-order valence-electron chi connectivity index (χ2n) is 11.6. The molecule has 4 aromatic rings. The minimum Gasteiger partial charge on any atom is -0.334 e. The number of hydrogen-bond donors (Lipinski definition) is 0. The third kappa shape index (κ3) is 6.42. The van der Waals surface area contributed by atoms with Gasteiger partial charge in [-0.2, -0.15) is 18.4 Å². The van der Waals surface area contributed by atoms with E-state index in [0.29, 0.717) is 29.5 Å². The molecule has 2 aliphatic heterocycles. The van der Waals surface area contributed by atoms with Crippen LogP contribution in [0.25, 0.3) is 22.0 Å². The summed E-state index contributed by atoms with van der Waals surface area (Å²) in [6, 6.07) is 22.7. The van der Waals surface area contributed by atoms with Gasteiger partial charge in [-0.05, 0) is 111 Å². The van der Waals surface area contributed by atoms with Gasteiger partial charge in [0.25, 0.3) is 5.91 Å². The smallest absolute Gasteiger partial charge is 0.334 e. The molecule has 0 radical (unpaired) electrons. The molecule has 0 bridgehead atoms. The number of rotatable bonds is 7. The number of nitrogens with zero attached hydrogens (tertiary/aromatic N) is 4. The molecule has 0 spiro atoms. The zero-order chi connectivity index (χ0) is 30.0. The Morgan fingerprint density at radius 2 is 1.60 bits per heavy atom. The van der Waals surface area contributed by atoms with Gasteiger partial charge in [-0.1, -0.05) is 30.3 Å². The molecule has 0 saturated carbocycles. The average molecular weight is 583 g/mol. The number of aryl methyl sites for hydroxylation is 2. The van der Waals surface area contributed by atoms with E-state index in [4.69, 9.17) is 4.98 Å². The molecule has 220 valence electrons. The van der Waals surface area contributed by atoms with E-state index in [2.05, 4.69) is 11.0 Å². The molecule has 1 aromatic heterocycles. The van der Waals surface area contributed by atoms with Crippen molar-refractivity contribution in [3.05, 3.63) is 101 Å². The number of pyridine rings is 1. The van der Waals surface area contributed by atoms with Gasteiger partial charge in [0, 0.05) is 30.2 Å². The average Bonchev–Trinajstić information content (AvgIpc) is 3.71. The van der Waals surface area contributed by atoms with Crippen LogP contribution in [0.15, 0.2) is 72.8 Å². The first-order valence-corrected chi connectivity index (χ1v) is 14.9. The SMILES string of the molecule is N#Cc1ccc(-c2ccc3nc(CCc4ccc(C(F)(F)F)cc4)cc(C(=O)N4CCC[C@H]4CN4CCCC4)c3c2)cc1. The lowest BCUT2D eigenvalue weighted by molar-refractivity contribution is -0.137. The number of aromatic nitrogens is 1. The van der Waals surface area contributed by atoms with Crippen molar-refractivity contribution in [2.75, 3.05) is 26.2 Å². The van der Waals surface area contributed by atoms with Gasteiger partial charge in [0.2, 0.25) is 0 Å². The van der Waals surface area contributed by atoms with Gasteiger partial charge in [-0.25, -0.2) is 0 Å². The van der Waals surface area contributed by atoms with Crippen LogP contribution >= 0.6 is 0 Å². The number of nitriles is 1. The molecule has 3 aromatic carbocycles. The van der Waals surface area contributed by atoms with Crippen molar-refractivity contribution in [3.8, 4) is 17.2 Å². The first-order valence-electron chi connectivity index (χ1n) is 14.9. The molecule has 0 N–H and O–H groups in total. The van der Waals surface area contributed by atoms with Gasteiger partial charge >= 0.3 is 6.18 Å². The van der Waals surface area contributed by atoms with E-state index in [0.717, 1.165) is 78.9 Å². The summed E-state index contributed by atoms with van der Waals surface area (Å²) in [4.78, 5) is 23.6. The number of alkyl halides is 3. The van der Waals surface area contributed by atoms with Crippen molar-refractivity contribution in [2.24, 2.45) is 0 Å². The van der Waals surface area contributed by atoms with Gasteiger partial charge in [-0.15, -0.1) is 0 Å². The predicted octanol–water partition coefficient (Wildman–Crippen LogP) is 7.28. The third-order valence-corrected chi connectivity index (χ3v) is 8.70. The Labute approximate surface area is 249 Å². The van der Waals surface area contributed by atoms with Crippen LogP contribution in [0, 0.1) is 11.3 Å². The van der Waals surface area contributed by atoms with Crippen molar-refractivity contribution in [3.63, 3.8) is 0 Å². The highest BCUT2D eigenvalue weighted by molar-refractivity contribution is 6.07. The largest absolute Gasteiger partial charge is 0.416 e. The van der Waals surface area contributed by atoms with Crippen molar-refractivity contribution in [1.29, 1.82) is 5.26 Å². The zero-order valence-electron chi connectivity index (χ0n) is 23.9. The zero-order valence-corrected chi connectivity index (χ0v) is 23.9. The van der Waals surface area contributed by atoms with Gasteiger partial charge in [0.15, 0.2) is 0 Å². The standard InChI is InChI=1S/C35H33F3N4O/c36-35(37,38)28-13-7-24(8-14-28)9-15-29-21-32(34(43)42-19-3-4-30(42)23-41-17-1-2-18-41)31-20-27(12-16-33(31)40-29)26-10-5-25(22-39)6-11-26/h5-8,10-14,16,20-21,30H,1-4,9,15,17-19,23H2/t30-/m0/s1. The van der Waals surface area contributed by atoms with E-state index in [1.54, 1.807) is 12.1 Å². The number of carbonyl (C=O) groups excluding carboxylic acids is 1. The van der Waals surface area contributed by atoms with Crippen LogP contribution in [0.5, 0.6) is 0 Å². The second-order valence-corrected chi connectivity index (χ2v) is 11.6. The normalized spacial score (nSPS) is 17.4. The second kappa shape index (κ2) is 12.2. The molecule has 1 amide bonds. The van der Waals surface area contributed by atoms with Crippen molar-refractivity contribution in [2.45, 2.75) is 50.7 Å². The van der Waals surface area contributed by atoms with Crippen LogP contribution in [0.4, 0.5) is 13.2 Å². The van der Waals surface area contributed by atoms with E-state index in [1.165, 1.54) is 25.0 Å². The molecule has 0 aliphatic carbocycles. The number of likely N-dealkylation sites (tertiary alicyclic amines) is 2. The summed E-state index contributed by atoms with van der Waals surface area (Å²) in [5.41, 5.74) is 4.62. The summed E-state index contributed by atoms with van der Waals surface area (Å²) < 4.78 is 39.1. The summed E-state index contributed by atoms with van der Waals surface area (Å²) in [5.74, 6) is 0.00172. The molecule has 2 fully saturated rings. The molecule has 6 rings (SSSR count). The van der Waals surface area contributed by atoms with Crippen LogP contribution in [0.2, 0.25) is 0 Å². The fourth-order valence-corrected chi connectivity index (χ4v) is 6.35. The summed E-state index contributed by atoms with van der Waals surface area (Å²) >= 11 is 0. The molecule has 0 unspecified atom stereocenters. The molecular formula is C35H33F3N4O. The van der Waals surface area contributed by atoms with Crippen LogP contribution in [-0.4, -0.2) is 52.9 Å². The molecule has 2 saturated heterocycles. The fraction of sp³-hybridized carbons (Fsp3) is 0.343. The third-order valence-electron chi connectivity index (χ3n) is 8.70. The van der Waals surface area contributed by atoms with Gasteiger partial charge in [0.1, 0.15) is 0 Å². The van der Waals surface area contributed by atoms with E-state index in [9.17, 15) is 23.2 Å². The Balaban J connectivity index is 1.33. The maximum absolute atomic E-state index is 14.3. The van der Waals surface area contributed by atoms with Crippen molar-refractivity contribution in [1.82, 2.24) is 14.8 Å². The number of amides is 1. The monoisotopic (exact) mass is 582 g/mol. The van der Waals surface area contributed by atoms with Crippen LogP contribution in [-0.2, 0) is 19.0 Å². The molecule has 43 heavy (non-hydrogen) atoms. The topological polar surface area (TPSA) is 60.2 Å². The highest BCUT2D eigenvalue weighted by Gasteiger charge is 2.33. The first kappa shape index (κ1) is 28.9. The van der Waals surface area contributed by atoms with E-state index < -0.39 is 11.7 Å². The number of fused-ring (bicyclic) bond motifs is 1. The van der Waals surface area contributed by atoms with E-state index >= 15 is 0 Å². The van der Waals surface area contributed by atoms with E-state index in [-0.39, 0.29) is 11.9 Å². The molecular weight excluding hydrogens is 549 g/mol. The fourth-order valence-electron chi connectivity index (χ4n) is 6.35. The number of hydrogen-bond acceptors (Lipinski definition) is 4. The highest BCUT2D eigenvalue weighted by Crippen LogP contribution is 2.31. The predicted molar refractivity (Wildman–Crippen MR) is 160 cm³/mol. The van der Waals surface area contributed by atoms with Crippen LogP contribution in [0.3, 0.4) is 0 Å². The Morgan fingerprint density at radius 3 is 2.30 bits per heavy atom. The van der Waals surface area contributed by atoms with Crippen LogP contribution in [0.1, 0.15) is 58.4 Å². The lowest BCUT2D eigenvalue weighted by Crippen LogP contribution is -2.42. The van der Waals surface area contributed by atoms with Gasteiger partial charge in [-0.3, -0.25) is 9.78 Å². The number of halogens is 3. The van der Waals surface area contributed by atoms with Crippen molar-refractivity contribution < 1.29 is 18.0 Å². The highest BCUT2D eigenvalue weighted by atomic mass is 19.4. The quantitative estimate of drug-likeness (QED) is 0.230. The lowest BCUT2D eigenvalue weighted by Gasteiger charge is -2.29. The molecule has 1 atom stereocenters. The maximum atomic E-state index is 14.3. The summed E-state index contributed by atoms with van der Waals surface area (Å²) in [6.45, 7) is 3.78. The molecule has 5 nitrogen and oxygen atoms in total. The lowest BCUT2D eigenvalue weighted by atomic mass is 9.97. The summed E-state index contributed by atoms with van der Waals surface area (Å²) in [5, 5.41) is 9.97. The van der Waals surface area contributed by atoms with Gasteiger partial charge < -0.3 is 9.80 Å². The summed E-state index contributed by atoms with van der Waals surface area (Å²) in [6.07, 6.45) is 1.01. The molecule has 2 aliphatic rings. The van der Waals surface area contributed by atoms with E-state index in [1.807, 2.05) is 41.3 Å². The number of carbonyl (C=O) groups is 1. The summed E-state index contributed by atoms with van der Waals surface area (Å²) in [7, 11) is 0. The Hall–Kier alpha value is -4.22.